The Kier molecular flexibility index (Phi) is 6.76. The molecule has 7 heteroatoms. The van der Waals surface area contributed by atoms with Gasteiger partial charge in [0.2, 0.25) is 0 Å². The minimum Gasteiger partial charge on any atom is -0.465 e. The third-order valence-electron chi connectivity index (χ3n) is 11.6. The quantitative estimate of drug-likeness (QED) is 0.399. The molecule has 0 spiro atoms. The van der Waals surface area contributed by atoms with Crippen LogP contribution in [-0.4, -0.2) is 58.8 Å². The molecule has 1 saturated heterocycles. The lowest BCUT2D eigenvalue weighted by atomic mass is 9.43. The second-order valence-electron chi connectivity index (χ2n) is 13.0. The lowest BCUT2D eigenvalue weighted by Gasteiger charge is -2.63. The van der Waals surface area contributed by atoms with E-state index in [-0.39, 0.29) is 59.9 Å². The van der Waals surface area contributed by atoms with Crippen molar-refractivity contribution in [2.45, 2.75) is 96.9 Å². The molecule has 12 unspecified atom stereocenters. The summed E-state index contributed by atoms with van der Waals surface area (Å²) in [5, 5.41) is 33.3. The van der Waals surface area contributed by atoms with Crippen LogP contribution in [0.5, 0.6) is 0 Å². The average Bonchev–Trinajstić information content (AvgIpc) is 3.39. The molecule has 1 heterocycles. The van der Waals surface area contributed by atoms with Gasteiger partial charge >= 0.3 is 11.9 Å². The highest BCUT2D eigenvalue weighted by Gasteiger charge is 2.65. The van der Waals surface area contributed by atoms with Crippen LogP contribution in [0.25, 0.3) is 0 Å². The van der Waals surface area contributed by atoms with Crippen LogP contribution in [0.1, 0.15) is 78.6 Å². The molecule has 12 atom stereocenters. The molecule has 7 nitrogen and oxygen atoms in total. The number of fused-ring (bicyclic) bond motifs is 5. The van der Waals surface area contributed by atoms with Gasteiger partial charge < -0.3 is 24.8 Å². The molecular weight excluding hydrogens is 448 g/mol. The van der Waals surface area contributed by atoms with Crippen molar-refractivity contribution >= 4 is 11.9 Å². The Hall–Kier alpha value is -1.18. The lowest BCUT2D eigenvalue weighted by Crippen LogP contribution is -2.62. The first-order valence-electron chi connectivity index (χ1n) is 13.9. The molecule has 198 valence electrons. The maximum atomic E-state index is 12.3. The van der Waals surface area contributed by atoms with Gasteiger partial charge in [0.15, 0.2) is 5.92 Å². The molecule has 0 aromatic carbocycles. The van der Waals surface area contributed by atoms with E-state index in [2.05, 4.69) is 20.8 Å². The third-order valence-corrected chi connectivity index (χ3v) is 11.6. The molecule has 5 rings (SSSR count). The van der Waals surface area contributed by atoms with E-state index in [9.17, 15) is 24.9 Å². The summed E-state index contributed by atoms with van der Waals surface area (Å²) in [6.45, 7) is 7.33. The first kappa shape index (κ1) is 25.5. The van der Waals surface area contributed by atoms with Crippen LogP contribution in [0.2, 0.25) is 0 Å². The molecule has 4 aliphatic carbocycles. The second-order valence-corrected chi connectivity index (χ2v) is 13.0. The van der Waals surface area contributed by atoms with Gasteiger partial charge in [0.05, 0.1) is 31.5 Å². The SMILES string of the molecule is CC(CCOC(=O)C1CCOC1=O)C1CCC2C3C(O)CC4CC(O)CCC4(C)C3CC(O)C12C. The van der Waals surface area contributed by atoms with Crippen LogP contribution in [0.15, 0.2) is 0 Å². The molecule has 0 aromatic rings. The Labute approximate surface area is 208 Å². The minimum absolute atomic E-state index is 0.0741. The molecule has 5 fully saturated rings. The number of hydrogen-bond donors (Lipinski definition) is 3. The molecule has 5 aliphatic rings. The standard InChI is InChI=1S/C28H44O7/c1-15(7-10-34-25(32)18-8-11-35-26(18)33)19-4-5-20-24-21(14-23(31)28(19,20)3)27(2)9-6-17(29)12-16(27)13-22(24)30/h15-24,29-31H,4-14H2,1-3H3. The largest absolute Gasteiger partial charge is 0.465 e. The van der Waals surface area contributed by atoms with Gasteiger partial charge in [-0.3, -0.25) is 9.59 Å². The summed E-state index contributed by atoms with van der Waals surface area (Å²) >= 11 is 0. The first-order valence-corrected chi connectivity index (χ1v) is 13.9. The smallest absolute Gasteiger partial charge is 0.320 e. The first-order chi connectivity index (χ1) is 16.6. The highest BCUT2D eigenvalue weighted by atomic mass is 16.6. The van der Waals surface area contributed by atoms with Crippen molar-refractivity contribution in [3.8, 4) is 0 Å². The van der Waals surface area contributed by atoms with Crippen molar-refractivity contribution in [2.75, 3.05) is 13.2 Å². The van der Waals surface area contributed by atoms with Crippen molar-refractivity contribution in [1.82, 2.24) is 0 Å². The molecule has 1 aliphatic heterocycles. The van der Waals surface area contributed by atoms with Crippen molar-refractivity contribution < 1.29 is 34.4 Å². The van der Waals surface area contributed by atoms with E-state index in [4.69, 9.17) is 9.47 Å². The van der Waals surface area contributed by atoms with Crippen LogP contribution in [0.3, 0.4) is 0 Å². The molecular formula is C28H44O7. The summed E-state index contributed by atoms with van der Waals surface area (Å²) in [6, 6.07) is 0. The number of carbonyl (C=O) groups excluding carboxylic acids is 2. The number of hydrogen-bond acceptors (Lipinski definition) is 7. The predicted molar refractivity (Wildman–Crippen MR) is 128 cm³/mol. The van der Waals surface area contributed by atoms with Crippen molar-refractivity contribution in [3.05, 3.63) is 0 Å². The predicted octanol–water partition coefficient (Wildman–Crippen LogP) is 3.08. The summed E-state index contributed by atoms with van der Waals surface area (Å²) in [5.74, 6) is -0.111. The Balaban J connectivity index is 1.27. The van der Waals surface area contributed by atoms with Gasteiger partial charge in [0.1, 0.15) is 0 Å². The zero-order valence-corrected chi connectivity index (χ0v) is 21.5. The van der Waals surface area contributed by atoms with E-state index in [0.29, 0.717) is 24.7 Å². The third kappa shape index (κ3) is 4.04. The maximum absolute atomic E-state index is 12.3. The number of rotatable bonds is 5. The zero-order valence-electron chi connectivity index (χ0n) is 21.5. The van der Waals surface area contributed by atoms with Crippen LogP contribution in [0, 0.1) is 52.3 Å². The van der Waals surface area contributed by atoms with E-state index >= 15 is 0 Å². The lowest BCUT2D eigenvalue weighted by molar-refractivity contribution is -0.207. The highest BCUT2D eigenvalue weighted by molar-refractivity contribution is 5.95. The van der Waals surface area contributed by atoms with Gasteiger partial charge in [-0.25, -0.2) is 0 Å². The molecule has 3 N–H and O–H groups in total. The van der Waals surface area contributed by atoms with E-state index in [1.807, 2.05) is 0 Å². The topological polar surface area (TPSA) is 113 Å². The van der Waals surface area contributed by atoms with Gasteiger partial charge in [-0.1, -0.05) is 20.8 Å². The van der Waals surface area contributed by atoms with Crippen LogP contribution in [-0.2, 0) is 19.1 Å². The zero-order chi connectivity index (χ0) is 25.1. The normalized spacial score (nSPS) is 50.0. The number of aliphatic hydroxyl groups is 3. The Morgan fingerprint density at radius 2 is 1.86 bits per heavy atom. The molecule has 0 amide bonds. The fourth-order valence-electron chi connectivity index (χ4n) is 9.49. The number of cyclic esters (lactones) is 1. The van der Waals surface area contributed by atoms with Gasteiger partial charge in [0, 0.05) is 6.42 Å². The van der Waals surface area contributed by atoms with Crippen LogP contribution < -0.4 is 0 Å². The summed E-state index contributed by atoms with van der Waals surface area (Å²) in [7, 11) is 0. The Morgan fingerprint density at radius 3 is 2.57 bits per heavy atom. The van der Waals surface area contributed by atoms with Crippen molar-refractivity contribution in [1.29, 1.82) is 0 Å². The second kappa shape index (κ2) is 9.29. The van der Waals surface area contributed by atoms with Crippen LogP contribution >= 0.6 is 0 Å². The number of ether oxygens (including phenoxy) is 2. The molecule has 4 saturated carbocycles. The summed E-state index contributed by atoms with van der Waals surface area (Å²) in [5.41, 5.74) is -0.192. The van der Waals surface area contributed by atoms with E-state index < -0.39 is 24.0 Å². The fourth-order valence-corrected chi connectivity index (χ4v) is 9.49. The van der Waals surface area contributed by atoms with Gasteiger partial charge in [-0.2, -0.15) is 0 Å². The summed E-state index contributed by atoms with van der Waals surface area (Å²) in [6.07, 6.45) is 6.10. The number of aliphatic hydroxyl groups excluding tert-OH is 3. The molecule has 0 bridgehead atoms. The van der Waals surface area contributed by atoms with Crippen LogP contribution in [0.4, 0.5) is 0 Å². The van der Waals surface area contributed by atoms with E-state index in [1.54, 1.807) is 0 Å². The van der Waals surface area contributed by atoms with Crippen molar-refractivity contribution in [2.24, 2.45) is 52.3 Å². The molecule has 0 radical (unpaired) electrons. The monoisotopic (exact) mass is 492 g/mol. The average molecular weight is 493 g/mol. The van der Waals surface area contributed by atoms with Gasteiger partial charge in [0.25, 0.3) is 0 Å². The Morgan fingerprint density at radius 1 is 1.09 bits per heavy atom. The van der Waals surface area contributed by atoms with Gasteiger partial charge in [-0.05, 0) is 97.7 Å². The highest BCUT2D eigenvalue weighted by Crippen LogP contribution is 2.68. The maximum Gasteiger partial charge on any atom is 0.320 e. The fraction of sp³-hybridized carbons (Fsp3) is 0.929. The van der Waals surface area contributed by atoms with E-state index in [0.717, 1.165) is 44.9 Å². The van der Waals surface area contributed by atoms with E-state index in [1.165, 1.54) is 0 Å². The minimum atomic E-state index is -0.783. The Bertz CT molecular complexity index is 830. The summed E-state index contributed by atoms with van der Waals surface area (Å²) < 4.78 is 10.3. The van der Waals surface area contributed by atoms with Crippen molar-refractivity contribution in [3.63, 3.8) is 0 Å². The molecule has 0 aromatic heterocycles. The molecule has 35 heavy (non-hydrogen) atoms. The number of esters is 2. The number of carbonyl (C=O) groups is 2. The van der Waals surface area contributed by atoms with Gasteiger partial charge in [-0.15, -0.1) is 0 Å². The summed E-state index contributed by atoms with van der Waals surface area (Å²) in [4.78, 5) is 23.9.